The molecule has 2 aromatic rings. The van der Waals surface area contributed by atoms with E-state index in [1.165, 1.54) is 6.07 Å². The van der Waals surface area contributed by atoms with Crippen LogP contribution in [0.1, 0.15) is 20.7 Å². The number of aldehydes is 1. The normalized spacial score (nSPS) is 10.1. The molecule has 0 spiro atoms. The predicted octanol–water partition coefficient (Wildman–Crippen LogP) is 2.29. The highest BCUT2D eigenvalue weighted by atomic mass is 79.9. The van der Waals surface area contributed by atoms with E-state index in [-0.39, 0.29) is 5.56 Å². The van der Waals surface area contributed by atoms with Crippen LogP contribution in [0.15, 0.2) is 46.9 Å². The fourth-order valence-corrected chi connectivity index (χ4v) is 2.33. The molecule has 18 heavy (non-hydrogen) atoms. The first-order chi connectivity index (χ1) is 8.63. The van der Waals surface area contributed by atoms with E-state index in [4.69, 9.17) is 0 Å². The summed E-state index contributed by atoms with van der Waals surface area (Å²) < 4.78 is 0.667. The van der Waals surface area contributed by atoms with Gasteiger partial charge in [-0.15, -0.1) is 0 Å². The minimum absolute atomic E-state index is 0.122. The quantitative estimate of drug-likeness (QED) is 0.818. The minimum Gasteiger partial charge on any atom is -0.545 e. The standard InChI is InChI=1S/C14H9BrO3/c15-13-7-9(8-16)5-6-11(13)10-3-1-2-4-12(10)14(17)18/h1-8H,(H,17,18)/p-1. The zero-order valence-electron chi connectivity index (χ0n) is 9.22. The van der Waals surface area contributed by atoms with Crippen molar-refractivity contribution in [3.8, 4) is 11.1 Å². The van der Waals surface area contributed by atoms with Crippen LogP contribution in [-0.4, -0.2) is 12.3 Å². The molecule has 0 bridgehead atoms. The number of carbonyl (C=O) groups excluding carboxylic acids is 2. The van der Waals surface area contributed by atoms with Crippen molar-refractivity contribution in [1.29, 1.82) is 0 Å². The lowest BCUT2D eigenvalue weighted by Crippen LogP contribution is -2.22. The third-order valence-corrected chi connectivity index (χ3v) is 3.22. The van der Waals surface area contributed by atoms with E-state index in [9.17, 15) is 14.7 Å². The van der Waals surface area contributed by atoms with Gasteiger partial charge in [0.1, 0.15) is 6.29 Å². The van der Waals surface area contributed by atoms with Gasteiger partial charge in [0.05, 0.1) is 5.97 Å². The molecule has 0 atom stereocenters. The van der Waals surface area contributed by atoms with Crippen LogP contribution in [0, 0.1) is 0 Å². The molecule has 2 aromatic carbocycles. The van der Waals surface area contributed by atoms with E-state index < -0.39 is 5.97 Å². The van der Waals surface area contributed by atoms with Gasteiger partial charge in [-0.3, -0.25) is 4.79 Å². The van der Waals surface area contributed by atoms with Gasteiger partial charge >= 0.3 is 0 Å². The Labute approximate surface area is 112 Å². The molecule has 0 amide bonds. The molecule has 0 aliphatic carbocycles. The number of carboxylic acid groups (broad SMARTS) is 1. The molecular formula is C14H8BrO3-. The third-order valence-electron chi connectivity index (χ3n) is 2.57. The molecule has 0 heterocycles. The molecule has 0 fully saturated rings. The van der Waals surface area contributed by atoms with Crippen LogP contribution >= 0.6 is 15.9 Å². The van der Waals surface area contributed by atoms with Gasteiger partial charge in [0.25, 0.3) is 0 Å². The Hall–Kier alpha value is -1.94. The van der Waals surface area contributed by atoms with Gasteiger partial charge < -0.3 is 9.90 Å². The Balaban J connectivity index is 2.62. The van der Waals surface area contributed by atoms with Crippen LogP contribution < -0.4 is 5.11 Å². The summed E-state index contributed by atoms with van der Waals surface area (Å²) >= 11 is 3.34. The number of carbonyl (C=O) groups is 2. The summed E-state index contributed by atoms with van der Waals surface area (Å²) in [5, 5.41) is 11.0. The molecule has 0 saturated carbocycles. The maximum Gasteiger partial charge on any atom is 0.150 e. The van der Waals surface area contributed by atoms with Crippen molar-refractivity contribution in [3.05, 3.63) is 58.1 Å². The lowest BCUT2D eigenvalue weighted by atomic mass is 9.99. The SMILES string of the molecule is O=Cc1ccc(-c2ccccc2C(=O)[O-])c(Br)c1. The number of carboxylic acids is 1. The fourth-order valence-electron chi connectivity index (χ4n) is 1.72. The van der Waals surface area contributed by atoms with E-state index in [1.807, 2.05) is 0 Å². The van der Waals surface area contributed by atoms with Crippen molar-refractivity contribution < 1.29 is 14.7 Å². The molecule has 0 aromatic heterocycles. The summed E-state index contributed by atoms with van der Waals surface area (Å²) in [6.07, 6.45) is 0.735. The lowest BCUT2D eigenvalue weighted by Gasteiger charge is -2.12. The maximum absolute atomic E-state index is 11.0. The Morgan fingerprint density at radius 2 is 1.83 bits per heavy atom. The first kappa shape index (κ1) is 12.5. The average Bonchev–Trinajstić information content (AvgIpc) is 2.38. The van der Waals surface area contributed by atoms with Crippen molar-refractivity contribution in [1.82, 2.24) is 0 Å². The second kappa shape index (κ2) is 5.14. The molecule has 0 saturated heterocycles. The number of aromatic carboxylic acids is 1. The van der Waals surface area contributed by atoms with Gasteiger partial charge in [0.2, 0.25) is 0 Å². The highest BCUT2D eigenvalue weighted by Crippen LogP contribution is 2.31. The lowest BCUT2D eigenvalue weighted by molar-refractivity contribution is -0.254. The number of benzene rings is 2. The fraction of sp³-hybridized carbons (Fsp3) is 0. The first-order valence-corrected chi connectivity index (χ1v) is 5.98. The topological polar surface area (TPSA) is 57.2 Å². The monoisotopic (exact) mass is 303 g/mol. The molecule has 2 rings (SSSR count). The van der Waals surface area contributed by atoms with E-state index in [0.717, 1.165) is 6.29 Å². The van der Waals surface area contributed by atoms with Crippen molar-refractivity contribution in [2.24, 2.45) is 0 Å². The molecule has 0 aliphatic heterocycles. The minimum atomic E-state index is -1.23. The number of halogens is 1. The van der Waals surface area contributed by atoms with Gasteiger partial charge in [0.15, 0.2) is 0 Å². The van der Waals surface area contributed by atoms with E-state index in [1.54, 1.807) is 36.4 Å². The Morgan fingerprint density at radius 3 is 2.44 bits per heavy atom. The Bertz CT molecular complexity index is 620. The van der Waals surface area contributed by atoms with Crippen molar-refractivity contribution in [2.45, 2.75) is 0 Å². The van der Waals surface area contributed by atoms with E-state index in [0.29, 0.717) is 21.2 Å². The van der Waals surface area contributed by atoms with Crippen LogP contribution in [0.3, 0.4) is 0 Å². The van der Waals surface area contributed by atoms with Crippen LogP contribution in [0.2, 0.25) is 0 Å². The number of hydrogen-bond acceptors (Lipinski definition) is 3. The Kier molecular flexibility index (Phi) is 3.58. The van der Waals surface area contributed by atoms with Gasteiger partial charge in [-0.05, 0) is 17.2 Å². The number of rotatable bonds is 3. The molecule has 3 nitrogen and oxygen atoms in total. The molecule has 90 valence electrons. The summed E-state index contributed by atoms with van der Waals surface area (Å²) in [4.78, 5) is 21.7. The van der Waals surface area contributed by atoms with Crippen LogP contribution in [-0.2, 0) is 0 Å². The Morgan fingerprint density at radius 1 is 1.11 bits per heavy atom. The van der Waals surface area contributed by atoms with Crippen LogP contribution in [0.25, 0.3) is 11.1 Å². The maximum atomic E-state index is 11.0. The average molecular weight is 304 g/mol. The smallest absolute Gasteiger partial charge is 0.150 e. The summed E-state index contributed by atoms with van der Waals surface area (Å²) in [5.74, 6) is -1.23. The zero-order valence-corrected chi connectivity index (χ0v) is 10.8. The predicted molar refractivity (Wildman–Crippen MR) is 69.3 cm³/mol. The number of hydrogen-bond donors (Lipinski definition) is 0. The molecular weight excluding hydrogens is 296 g/mol. The highest BCUT2D eigenvalue weighted by Gasteiger charge is 2.09. The third kappa shape index (κ3) is 2.33. The van der Waals surface area contributed by atoms with E-state index in [2.05, 4.69) is 15.9 Å². The van der Waals surface area contributed by atoms with Gasteiger partial charge in [-0.1, -0.05) is 52.3 Å². The zero-order chi connectivity index (χ0) is 13.1. The van der Waals surface area contributed by atoms with Gasteiger partial charge in [0, 0.05) is 15.6 Å². The van der Waals surface area contributed by atoms with Gasteiger partial charge in [-0.2, -0.15) is 0 Å². The molecule has 4 heteroatoms. The molecule has 0 radical (unpaired) electrons. The van der Waals surface area contributed by atoms with Gasteiger partial charge in [-0.25, -0.2) is 0 Å². The summed E-state index contributed by atoms with van der Waals surface area (Å²) in [7, 11) is 0. The largest absolute Gasteiger partial charge is 0.545 e. The van der Waals surface area contributed by atoms with Crippen molar-refractivity contribution in [3.63, 3.8) is 0 Å². The second-order valence-electron chi connectivity index (χ2n) is 3.69. The second-order valence-corrected chi connectivity index (χ2v) is 4.54. The van der Waals surface area contributed by atoms with Crippen LogP contribution in [0.5, 0.6) is 0 Å². The summed E-state index contributed by atoms with van der Waals surface area (Å²) in [6, 6.07) is 11.6. The first-order valence-electron chi connectivity index (χ1n) is 5.19. The van der Waals surface area contributed by atoms with E-state index >= 15 is 0 Å². The summed E-state index contributed by atoms with van der Waals surface area (Å²) in [5.41, 5.74) is 1.91. The van der Waals surface area contributed by atoms with Crippen LogP contribution in [0.4, 0.5) is 0 Å². The molecule has 0 N–H and O–H groups in total. The van der Waals surface area contributed by atoms with Crippen molar-refractivity contribution >= 4 is 28.2 Å². The highest BCUT2D eigenvalue weighted by molar-refractivity contribution is 9.10. The summed E-state index contributed by atoms with van der Waals surface area (Å²) in [6.45, 7) is 0. The van der Waals surface area contributed by atoms with Crippen molar-refractivity contribution in [2.75, 3.05) is 0 Å². The molecule has 0 aliphatic rings. The molecule has 0 unspecified atom stereocenters.